The molecule has 0 bridgehead atoms. The van der Waals surface area contributed by atoms with E-state index < -0.39 is 0 Å². The molecule has 25 heavy (non-hydrogen) atoms. The van der Waals surface area contributed by atoms with Crippen LogP contribution in [0.15, 0.2) is 54.9 Å². The summed E-state index contributed by atoms with van der Waals surface area (Å²) in [5, 5.41) is 13.2. The van der Waals surface area contributed by atoms with Gasteiger partial charge in [0, 0.05) is 18.5 Å². The lowest BCUT2D eigenvalue weighted by Crippen LogP contribution is -2.26. The number of anilines is 2. The quantitative estimate of drug-likeness (QED) is 0.558. The second-order valence-corrected chi connectivity index (χ2v) is 6.31. The predicted molar refractivity (Wildman–Crippen MR) is 97.8 cm³/mol. The van der Waals surface area contributed by atoms with Crippen LogP contribution in [-0.4, -0.2) is 9.97 Å². The Balaban J connectivity index is 2.07. The van der Waals surface area contributed by atoms with E-state index in [-0.39, 0.29) is 5.92 Å². The van der Waals surface area contributed by atoms with Gasteiger partial charge in [-0.05, 0) is 35.7 Å². The Bertz CT molecular complexity index is 1100. The van der Waals surface area contributed by atoms with E-state index in [0.717, 1.165) is 33.7 Å². The van der Waals surface area contributed by atoms with E-state index in [9.17, 15) is 5.26 Å². The van der Waals surface area contributed by atoms with Crippen molar-refractivity contribution >= 4 is 28.2 Å². The van der Waals surface area contributed by atoms with Crippen LogP contribution in [0.5, 0.6) is 0 Å². The number of nitrogens with zero attached hydrogens (tertiary/aromatic N) is 3. The van der Waals surface area contributed by atoms with Gasteiger partial charge in [0.15, 0.2) is 0 Å². The molecule has 0 aliphatic carbocycles. The lowest BCUT2D eigenvalue weighted by atomic mass is 9.99. The summed E-state index contributed by atoms with van der Waals surface area (Å²) in [6, 6.07) is 16.4. The molecule has 0 aliphatic rings. The summed E-state index contributed by atoms with van der Waals surface area (Å²) < 4.78 is 2.07. The highest BCUT2D eigenvalue weighted by Gasteiger charge is 2.23. The molecule has 0 amide bonds. The number of hydrogen-bond acceptors (Lipinski definition) is 3. The Kier molecular flexibility index (Phi) is 3.58. The van der Waals surface area contributed by atoms with Crippen molar-refractivity contribution < 1.29 is 4.40 Å². The van der Waals surface area contributed by atoms with Crippen molar-refractivity contribution in [3.63, 3.8) is 0 Å². The molecule has 3 aromatic heterocycles. The summed E-state index contributed by atoms with van der Waals surface area (Å²) in [4.78, 5) is 7.47. The monoisotopic (exact) mass is 328 g/mol. The summed E-state index contributed by atoms with van der Waals surface area (Å²) in [6.07, 6.45) is 3.51. The first-order chi connectivity index (χ1) is 12.2. The number of para-hydroxylation sites is 2. The van der Waals surface area contributed by atoms with Gasteiger partial charge in [-0.25, -0.2) is 0 Å². The van der Waals surface area contributed by atoms with E-state index in [0.29, 0.717) is 5.56 Å². The second kappa shape index (κ2) is 5.91. The lowest BCUT2D eigenvalue weighted by Gasteiger charge is -2.11. The van der Waals surface area contributed by atoms with Crippen LogP contribution in [0.1, 0.15) is 30.9 Å². The standard InChI is InChI=1S/C20H17N5/c1-13(2)15-11-19(23-14-7-9-22-10-8-14)25-18-6-4-3-5-17(18)24-20(25)16(15)12-21/h3-11,13H,1-2H3,(H,22,23,24)/p+1. The summed E-state index contributed by atoms with van der Waals surface area (Å²) >= 11 is 0. The van der Waals surface area contributed by atoms with Crippen LogP contribution >= 0.6 is 0 Å². The molecular formula is C20H18N5+. The zero-order chi connectivity index (χ0) is 17.4. The molecule has 2 N–H and O–H groups in total. The van der Waals surface area contributed by atoms with Crippen molar-refractivity contribution in [1.29, 1.82) is 5.26 Å². The average molecular weight is 328 g/mol. The van der Waals surface area contributed by atoms with E-state index in [1.165, 1.54) is 0 Å². The van der Waals surface area contributed by atoms with E-state index in [2.05, 4.69) is 45.7 Å². The predicted octanol–water partition coefficient (Wildman–Crippen LogP) is 4.04. The normalized spacial score (nSPS) is 11.1. The van der Waals surface area contributed by atoms with Gasteiger partial charge in [-0.15, -0.1) is 0 Å². The number of hydrogen-bond donors (Lipinski definition) is 2. The molecule has 3 heterocycles. The van der Waals surface area contributed by atoms with Crippen molar-refractivity contribution in [3.05, 3.63) is 66.0 Å². The van der Waals surface area contributed by atoms with Crippen molar-refractivity contribution in [1.82, 2.24) is 9.97 Å². The van der Waals surface area contributed by atoms with Gasteiger partial charge in [0.25, 0.3) is 0 Å². The van der Waals surface area contributed by atoms with Crippen LogP contribution in [0.3, 0.4) is 0 Å². The fourth-order valence-electron chi connectivity index (χ4n) is 3.17. The third kappa shape index (κ3) is 2.48. The van der Waals surface area contributed by atoms with Crippen LogP contribution in [0, 0.1) is 11.3 Å². The van der Waals surface area contributed by atoms with Gasteiger partial charge in [-0.3, -0.25) is 15.3 Å². The number of aromatic amines is 1. The van der Waals surface area contributed by atoms with Gasteiger partial charge >= 0.3 is 0 Å². The van der Waals surface area contributed by atoms with Gasteiger partial charge in [0.05, 0.1) is 5.69 Å². The maximum Gasteiger partial charge on any atom is 0.250 e. The summed E-state index contributed by atoms with van der Waals surface area (Å²) in [6.45, 7) is 4.21. The van der Waals surface area contributed by atoms with Crippen molar-refractivity contribution in [2.75, 3.05) is 5.32 Å². The first-order valence-electron chi connectivity index (χ1n) is 8.25. The zero-order valence-electron chi connectivity index (χ0n) is 14.1. The fraction of sp³-hybridized carbons (Fsp3) is 0.150. The smallest absolute Gasteiger partial charge is 0.250 e. The fourth-order valence-corrected chi connectivity index (χ4v) is 3.17. The topological polar surface area (TPSA) is 68.6 Å². The minimum absolute atomic E-state index is 0.240. The Morgan fingerprint density at radius 3 is 2.64 bits per heavy atom. The number of rotatable bonds is 3. The number of benzene rings is 1. The second-order valence-electron chi connectivity index (χ2n) is 6.31. The molecule has 4 aromatic rings. The molecule has 4 rings (SSSR count). The minimum atomic E-state index is 0.240. The van der Waals surface area contributed by atoms with E-state index in [1.807, 2.05) is 36.4 Å². The number of H-pyrrole nitrogens is 1. The molecule has 0 atom stereocenters. The summed E-state index contributed by atoms with van der Waals surface area (Å²) in [5.74, 6) is 1.16. The van der Waals surface area contributed by atoms with Crippen LogP contribution in [-0.2, 0) is 0 Å². The Morgan fingerprint density at radius 1 is 1.16 bits per heavy atom. The number of nitriles is 1. The first-order valence-corrected chi connectivity index (χ1v) is 8.25. The Labute approximate surface area is 145 Å². The molecule has 0 saturated heterocycles. The molecule has 0 spiro atoms. The van der Waals surface area contributed by atoms with Gasteiger partial charge < -0.3 is 0 Å². The number of fused-ring (bicyclic) bond motifs is 3. The largest absolute Gasteiger partial charge is 0.273 e. The number of pyridine rings is 2. The highest BCUT2D eigenvalue weighted by molar-refractivity contribution is 5.77. The third-order valence-corrected chi connectivity index (χ3v) is 4.37. The molecule has 0 unspecified atom stereocenters. The zero-order valence-corrected chi connectivity index (χ0v) is 14.1. The number of nitrogens with one attached hydrogen (secondary N) is 2. The van der Waals surface area contributed by atoms with Crippen LogP contribution < -0.4 is 9.72 Å². The highest BCUT2D eigenvalue weighted by atomic mass is 15.1. The van der Waals surface area contributed by atoms with Crippen LogP contribution in [0.2, 0.25) is 0 Å². The molecule has 122 valence electrons. The molecule has 1 aromatic carbocycles. The van der Waals surface area contributed by atoms with Crippen molar-refractivity contribution in [3.8, 4) is 6.07 Å². The Morgan fingerprint density at radius 2 is 1.92 bits per heavy atom. The van der Waals surface area contributed by atoms with Gasteiger partial charge in [-0.1, -0.05) is 26.0 Å². The molecule has 0 fully saturated rings. The van der Waals surface area contributed by atoms with Crippen LogP contribution in [0.4, 0.5) is 11.5 Å². The first kappa shape index (κ1) is 15.2. The maximum atomic E-state index is 9.76. The molecule has 0 aliphatic heterocycles. The third-order valence-electron chi connectivity index (χ3n) is 4.37. The van der Waals surface area contributed by atoms with Gasteiger partial charge in [0.1, 0.15) is 22.7 Å². The average Bonchev–Trinajstić information content (AvgIpc) is 3.02. The molecule has 0 radical (unpaired) electrons. The SMILES string of the molecule is CC(C)c1cc(Nc2ccncc2)[n+]2c([nH]c3ccccc32)c1C#N. The van der Waals surface area contributed by atoms with Crippen molar-refractivity contribution in [2.24, 2.45) is 0 Å². The highest BCUT2D eigenvalue weighted by Crippen LogP contribution is 2.27. The summed E-state index contributed by atoms with van der Waals surface area (Å²) in [5.41, 5.74) is 5.50. The Hall–Kier alpha value is -3.39. The number of imidazole rings is 1. The van der Waals surface area contributed by atoms with Gasteiger partial charge in [-0.2, -0.15) is 9.66 Å². The van der Waals surface area contributed by atoms with E-state index >= 15 is 0 Å². The van der Waals surface area contributed by atoms with Crippen molar-refractivity contribution in [2.45, 2.75) is 19.8 Å². The summed E-state index contributed by atoms with van der Waals surface area (Å²) in [7, 11) is 0. The molecule has 5 nitrogen and oxygen atoms in total. The maximum absolute atomic E-state index is 9.76. The van der Waals surface area contributed by atoms with Gasteiger partial charge in [0.2, 0.25) is 11.5 Å². The molecule has 5 heteroatoms. The molecular weight excluding hydrogens is 310 g/mol. The van der Waals surface area contributed by atoms with E-state index in [4.69, 9.17) is 0 Å². The molecule has 0 saturated carbocycles. The van der Waals surface area contributed by atoms with Crippen LogP contribution in [0.25, 0.3) is 16.7 Å². The van der Waals surface area contributed by atoms with E-state index in [1.54, 1.807) is 12.4 Å². The lowest BCUT2D eigenvalue weighted by molar-refractivity contribution is -0.464. The minimum Gasteiger partial charge on any atom is -0.273 e. The number of aromatic nitrogens is 3.